The van der Waals surface area contributed by atoms with Crippen LogP contribution in [0.4, 0.5) is 18.9 Å². The zero-order valence-corrected chi connectivity index (χ0v) is 11.4. The first kappa shape index (κ1) is 14.4. The molecule has 1 N–H and O–H groups in total. The van der Waals surface area contributed by atoms with Crippen LogP contribution in [0.15, 0.2) is 12.3 Å². The number of alkyl halides is 3. The minimum atomic E-state index is -4.10. The highest BCUT2D eigenvalue weighted by molar-refractivity contribution is 6.31. The molecule has 2 atom stereocenters. The Morgan fingerprint density at radius 3 is 2.79 bits per heavy atom. The summed E-state index contributed by atoms with van der Waals surface area (Å²) in [6.45, 7) is 1.87. The van der Waals surface area contributed by atoms with Crippen molar-refractivity contribution in [2.75, 3.05) is 5.32 Å². The maximum absolute atomic E-state index is 12.7. The fourth-order valence-corrected chi connectivity index (χ4v) is 2.65. The second-order valence-electron chi connectivity index (χ2n) is 5.10. The molecule has 0 radical (unpaired) electrons. The van der Waals surface area contributed by atoms with E-state index in [1.54, 1.807) is 6.20 Å². The Hall–Kier alpha value is -0.970. The van der Waals surface area contributed by atoms with Gasteiger partial charge in [0.05, 0.1) is 11.6 Å². The van der Waals surface area contributed by atoms with E-state index in [0.29, 0.717) is 17.3 Å². The van der Waals surface area contributed by atoms with Gasteiger partial charge in [0.2, 0.25) is 0 Å². The fraction of sp³-hybridized carbons (Fsp3) is 0.615. The van der Waals surface area contributed by atoms with E-state index in [1.807, 2.05) is 13.0 Å². The van der Waals surface area contributed by atoms with E-state index in [2.05, 4.69) is 10.3 Å². The third kappa shape index (κ3) is 3.75. The molecule has 0 aromatic carbocycles. The van der Waals surface area contributed by atoms with Crippen LogP contribution in [0.25, 0.3) is 0 Å². The van der Waals surface area contributed by atoms with Crippen molar-refractivity contribution in [2.45, 2.75) is 44.8 Å². The van der Waals surface area contributed by atoms with E-state index < -0.39 is 12.1 Å². The molecule has 1 heterocycles. The second kappa shape index (κ2) is 5.57. The smallest absolute Gasteiger partial charge is 0.380 e. The zero-order chi connectivity index (χ0) is 14.0. The number of aryl methyl sites for hydroxylation is 1. The highest BCUT2D eigenvalue weighted by Gasteiger charge is 2.42. The van der Waals surface area contributed by atoms with Crippen LogP contribution in [0.2, 0.25) is 5.15 Å². The van der Waals surface area contributed by atoms with Gasteiger partial charge in [-0.1, -0.05) is 18.0 Å². The first-order chi connectivity index (χ1) is 8.86. The topological polar surface area (TPSA) is 24.9 Å². The summed E-state index contributed by atoms with van der Waals surface area (Å²) in [5.74, 6) is -1.21. The van der Waals surface area contributed by atoms with Crippen molar-refractivity contribution in [1.29, 1.82) is 0 Å². The average molecular weight is 293 g/mol. The predicted octanol–water partition coefficient (Wildman–Crippen LogP) is 4.58. The zero-order valence-electron chi connectivity index (χ0n) is 10.6. The van der Waals surface area contributed by atoms with Gasteiger partial charge in [0.15, 0.2) is 5.15 Å². The molecule has 0 spiro atoms. The van der Waals surface area contributed by atoms with E-state index in [-0.39, 0.29) is 18.9 Å². The van der Waals surface area contributed by atoms with Crippen molar-refractivity contribution in [3.63, 3.8) is 0 Å². The van der Waals surface area contributed by atoms with Gasteiger partial charge in [-0.25, -0.2) is 4.98 Å². The van der Waals surface area contributed by atoms with Crippen LogP contribution >= 0.6 is 11.6 Å². The lowest BCUT2D eigenvalue weighted by atomic mass is 9.85. The first-order valence-electron chi connectivity index (χ1n) is 6.31. The number of anilines is 1. The molecular formula is C13H16ClF3N2. The van der Waals surface area contributed by atoms with E-state index >= 15 is 0 Å². The lowest BCUT2D eigenvalue weighted by molar-refractivity contribution is -0.182. The maximum Gasteiger partial charge on any atom is 0.391 e. The molecule has 0 aliphatic heterocycles. The van der Waals surface area contributed by atoms with Crippen LogP contribution in [-0.2, 0) is 0 Å². The summed E-state index contributed by atoms with van der Waals surface area (Å²) in [7, 11) is 0. The van der Waals surface area contributed by atoms with Gasteiger partial charge < -0.3 is 5.32 Å². The Morgan fingerprint density at radius 2 is 2.11 bits per heavy atom. The standard InChI is InChI=1S/C13H16ClF3N2/c1-8-5-11(12(14)18-7-8)19-10-4-2-3-9(6-10)13(15,16)17/h5,7,9-10,19H,2-4,6H2,1H3. The maximum atomic E-state index is 12.7. The quantitative estimate of drug-likeness (QED) is 0.807. The molecular weight excluding hydrogens is 277 g/mol. The van der Waals surface area contributed by atoms with Gasteiger partial charge in [0.1, 0.15) is 0 Å². The minimum absolute atomic E-state index is 0.105. The monoisotopic (exact) mass is 292 g/mol. The molecule has 19 heavy (non-hydrogen) atoms. The molecule has 0 saturated heterocycles. The number of rotatable bonds is 2. The summed E-state index contributed by atoms with van der Waals surface area (Å²) < 4.78 is 38.2. The number of aromatic nitrogens is 1. The molecule has 1 aromatic heterocycles. The van der Waals surface area contributed by atoms with Gasteiger partial charge in [0.25, 0.3) is 0 Å². The fourth-order valence-electron chi connectivity index (χ4n) is 2.49. The normalized spacial score (nSPS) is 24.3. The molecule has 106 valence electrons. The molecule has 1 saturated carbocycles. The van der Waals surface area contributed by atoms with Gasteiger partial charge in [-0.2, -0.15) is 13.2 Å². The van der Waals surface area contributed by atoms with Crippen LogP contribution in [0, 0.1) is 12.8 Å². The van der Waals surface area contributed by atoms with Crippen molar-refractivity contribution in [3.05, 3.63) is 23.0 Å². The Labute approximate surface area is 115 Å². The molecule has 6 heteroatoms. The Morgan fingerprint density at radius 1 is 1.37 bits per heavy atom. The summed E-state index contributed by atoms with van der Waals surface area (Å²) in [6.07, 6.45) is -0.827. The van der Waals surface area contributed by atoms with Crippen molar-refractivity contribution >= 4 is 17.3 Å². The SMILES string of the molecule is Cc1cnc(Cl)c(NC2CCCC(C(F)(F)F)C2)c1. The van der Waals surface area contributed by atoms with Crippen molar-refractivity contribution in [3.8, 4) is 0 Å². The highest BCUT2D eigenvalue weighted by Crippen LogP contribution is 2.38. The largest absolute Gasteiger partial charge is 0.391 e. The Bertz CT molecular complexity index is 448. The first-order valence-corrected chi connectivity index (χ1v) is 6.69. The summed E-state index contributed by atoms with van der Waals surface area (Å²) >= 11 is 5.95. The molecule has 1 aromatic rings. The van der Waals surface area contributed by atoms with E-state index in [0.717, 1.165) is 12.0 Å². The number of hydrogen-bond donors (Lipinski definition) is 1. The summed E-state index contributed by atoms with van der Waals surface area (Å²) in [5.41, 5.74) is 1.55. The summed E-state index contributed by atoms with van der Waals surface area (Å²) in [5, 5.41) is 3.40. The lowest BCUT2D eigenvalue weighted by Crippen LogP contribution is -2.34. The van der Waals surface area contributed by atoms with Gasteiger partial charge in [-0.3, -0.25) is 0 Å². The van der Waals surface area contributed by atoms with Crippen molar-refractivity contribution in [1.82, 2.24) is 4.98 Å². The highest BCUT2D eigenvalue weighted by atomic mass is 35.5. The molecule has 1 aliphatic rings. The number of pyridine rings is 1. The van der Waals surface area contributed by atoms with Gasteiger partial charge in [0, 0.05) is 12.2 Å². The van der Waals surface area contributed by atoms with Crippen LogP contribution in [0.5, 0.6) is 0 Å². The van der Waals surface area contributed by atoms with Gasteiger partial charge in [-0.15, -0.1) is 0 Å². The average Bonchev–Trinajstić information content (AvgIpc) is 2.33. The second-order valence-corrected chi connectivity index (χ2v) is 5.46. The van der Waals surface area contributed by atoms with Crippen molar-refractivity contribution < 1.29 is 13.2 Å². The Kier molecular flexibility index (Phi) is 4.23. The molecule has 2 unspecified atom stereocenters. The summed E-state index contributed by atoms with van der Waals surface area (Å²) in [4.78, 5) is 3.99. The van der Waals surface area contributed by atoms with Crippen LogP contribution in [0.1, 0.15) is 31.2 Å². The third-order valence-corrected chi connectivity index (χ3v) is 3.77. The predicted molar refractivity (Wildman–Crippen MR) is 69.4 cm³/mol. The van der Waals surface area contributed by atoms with Crippen LogP contribution < -0.4 is 5.32 Å². The summed E-state index contributed by atoms with van der Waals surface area (Å²) in [6, 6.07) is 1.62. The Balaban J connectivity index is 2.05. The van der Waals surface area contributed by atoms with Gasteiger partial charge in [-0.05, 0) is 37.8 Å². The lowest BCUT2D eigenvalue weighted by Gasteiger charge is -2.31. The number of nitrogens with zero attached hydrogens (tertiary/aromatic N) is 1. The van der Waals surface area contributed by atoms with E-state index in [4.69, 9.17) is 11.6 Å². The van der Waals surface area contributed by atoms with Crippen molar-refractivity contribution in [2.24, 2.45) is 5.92 Å². The van der Waals surface area contributed by atoms with E-state index in [9.17, 15) is 13.2 Å². The molecule has 0 amide bonds. The number of hydrogen-bond acceptors (Lipinski definition) is 2. The molecule has 0 bridgehead atoms. The molecule has 1 aliphatic carbocycles. The minimum Gasteiger partial charge on any atom is -0.380 e. The number of halogens is 4. The molecule has 1 fully saturated rings. The van der Waals surface area contributed by atoms with E-state index in [1.165, 1.54) is 0 Å². The molecule has 2 nitrogen and oxygen atoms in total. The van der Waals surface area contributed by atoms with Gasteiger partial charge >= 0.3 is 6.18 Å². The van der Waals surface area contributed by atoms with Crippen LogP contribution in [0.3, 0.4) is 0 Å². The third-order valence-electron chi connectivity index (χ3n) is 3.47. The molecule has 2 rings (SSSR count). The number of nitrogens with one attached hydrogen (secondary N) is 1. The van der Waals surface area contributed by atoms with Crippen LogP contribution in [-0.4, -0.2) is 17.2 Å².